The van der Waals surface area contributed by atoms with E-state index in [0.717, 1.165) is 18.6 Å². The number of hydrogen-bond acceptors (Lipinski definition) is 3. The SMILES string of the molecule is CN/C(CCCS)=N\[N+]#N. The van der Waals surface area contributed by atoms with Crippen molar-refractivity contribution in [3.8, 4) is 0 Å². The highest BCUT2D eigenvalue weighted by molar-refractivity contribution is 7.80. The predicted molar refractivity (Wildman–Crippen MR) is 44.7 cm³/mol. The molecule has 0 saturated carbocycles. The molecule has 4 nitrogen and oxygen atoms in total. The van der Waals surface area contributed by atoms with Gasteiger partial charge in [-0.25, -0.2) is 0 Å². The maximum Gasteiger partial charge on any atom is 0.340 e. The highest BCUT2D eigenvalue weighted by atomic mass is 32.1. The minimum absolute atomic E-state index is 0.677. The fourth-order valence-electron chi connectivity index (χ4n) is 0.525. The zero-order valence-electron chi connectivity index (χ0n) is 5.91. The highest BCUT2D eigenvalue weighted by Gasteiger charge is 1.99. The molecule has 0 atom stereocenters. The molecule has 0 aliphatic rings. The number of nitrogens with zero attached hydrogens (tertiary/aromatic N) is 3. The topological polar surface area (TPSA) is 52.5 Å². The Morgan fingerprint density at radius 1 is 1.80 bits per heavy atom. The molecule has 0 rings (SSSR count). The standard InChI is InChI=1S/C5H10N4S/c1-7-5(8-9-6)3-2-4-10/h2-4H2,1H3,(H-,7,8,10)/p+1. The van der Waals surface area contributed by atoms with E-state index in [1.165, 1.54) is 0 Å². The molecular formula is C5H11N4S+. The van der Waals surface area contributed by atoms with Crippen molar-refractivity contribution < 1.29 is 0 Å². The van der Waals surface area contributed by atoms with Crippen LogP contribution in [-0.2, 0) is 0 Å². The molecule has 0 spiro atoms. The fourth-order valence-corrected chi connectivity index (χ4v) is 0.684. The molecule has 0 aromatic carbocycles. The van der Waals surface area contributed by atoms with Crippen molar-refractivity contribution in [2.75, 3.05) is 12.8 Å². The van der Waals surface area contributed by atoms with Gasteiger partial charge in [0.2, 0.25) is 0 Å². The van der Waals surface area contributed by atoms with Crippen molar-refractivity contribution in [2.24, 2.45) is 5.10 Å². The van der Waals surface area contributed by atoms with E-state index in [1.54, 1.807) is 7.05 Å². The Balaban J connectivity index is 3.63. The first-order valence-electron chi connectivity index (χ1n) is 3.04. The summed E-state index contributed by atoms with van der Waals surface area (Å²) >= 11 is 4.03. The lowest BCUT2D eigenvalue weighted by Gasteiger charge is -1.95. The van der Waals surface area contributed by atoms with Crippen LogP contribution in [0.2, 0.25) is 0 Å². The largest absolute Gasteiger partial charge is 0.371 e. The molecule has 5 heteroatoms. The average molecular weight is 159 g/mol. The molecule has 0 aliphatic heterocycles. The number of thiol groups is 1. The van der Waals surface area contributed by atoms with Gasteiger partial charge in [-0.2, -0.15) is 12.6 Å². The number of amidine groups is 1. The maximum atomic E-state index is 8.05. The van der Waals surface area contributed by atoms with E-state index in [9.17, 15) is 0 Å². The highest BCUT2D eigenvalue weighted by Crippen LogP contribution is 1.92. The minimum atomic E-state index is 0.677. The second-order valence-electron chi connectivity index (χ2n) is 1.71. The smallest absolute Gasteiger partial charge is 0.340 e. The van der Waals surface area contributed by atoms with Crippen LogP contribution >= 0.6 is 12.6 Å². The number of hydrogen-bond donors (Lipinski definition) is 2. The molecule has 0 aromatic heterocycles. The van der Waals surface area contributed by atoms with Gasteiger partial charge >= 0.3 is 5.08 Å². The van der Waals surface area contributed by atoms with Gasteiger partial charge in [-0.3, -0.25) is 0 Å². The minimum Gasteiger partial charge on any atom is -0.371 e. The average Bonchev–Trinajstić information content (AvgIpc) is 1.98. The van der Waals surface area contributed by atoms with Gasteiger partial charge in [-0.15, -0.1) is 0 Å². The number of rotatable bonds is 3. The lowest BCUT2D eigenvalue weighted by Crippen LogP contribution is -2.17. The summed E-state index contributed by atoms with van der Waals surface area (Å²) in [4.78, 5) is 0. The van der Waals surface area contributed by atoms with E-state index in [4.69, 9.17) is 5.39 Å². The Bertz CT molecular complexity index is 148. The molecule has 0 amide bonds. The van der Waals surface area contributed by atoms with Gasteiger partial charge in [0, 0.05) is 13.5 Å². The van der Waals surface area contributed by atoms with Gasteiger partial charge in [0.05, 0.1) is 0 Å². The van der Waals surface area contributed by atoms with Crippen LogP contribution in [-0.4, -0.2) is 18.6 Å². The van der Waals surface area contributed by atoms with Crippen LogP contribution in [0.3, 0.4) is 0 Å². The summed E-state index contributed by atoms with van der Waals surface area (Å²) in [6.45, 7) is 0. The van der Waals surface area contributed by atoms with Crippen LogP contribution in [0.15, 0.2) is 5.10 Å². The lowest BCUT2D eigenvalue weighted by molar-refractivity contribution is 0.953. The van der Waals surface area contributed by atoms with Crippen LogP contribution in [0.5, 0.6) is 0 Å². The fraction of sp³-hybridized carbons (Fsp3) is 0.800. The summed E-state index contributed by atoms with van der Waals surface area (Å²) in [6, 6.07) is 0. The van der Waals surface area contributed by atoms with Crippen molar-refractivity contribution >= 4 is 18.5 Å². The molecule has 56 valence electrons. The normalized spacial score (nSPS) is 10.7. The van der Waals surface area contributed by atoms with Crippen molar-refractivity contribution in [2.45, 2.75) is 12.8 Å². The van der Waals surface area contributed by atoms with Crippen molar-refractivity contribution in [3.63, 3.8) is 0 Å². The molecule has 0 radical (unpaired) electrons. The summed E-state index contributed by atoms with van der Waals surface area (Å²) in [7, 11) is 1.74. The quantitative estimate of drug-likeness (QED) is 0.213. The summed E-state index contributed by atoms with van der Waals surface area (Å²) in [6.07, 6.45) is 1.70. The monoisotopic (exact) mass is 159 g/mol. The third-order valence-corrected chi connectivity index (χ3v) is 1.34. The summed E-state index contributed by atoms with van der Waals surface area (Å²) in [5, 5.41) is 16.9. The Labute approximate surface area is 65.7 Å². The second kappa shape index (κ2) is 6.36. The van der Waals surface area contributed by atoms with E-state index in [1.807, 2.05) is 0 Å². The molecule has 1 N–H and O–H groups in total. The van der Waals surface area contributed by atoms with Gasteiger partial charge in [0.1, 0.15) is 0 Å². The summed E-state index contributed by atoms with van der Waals surface area (Å²) < 4.78 is 0. The molecule has 0 fully saturated rings. The van der Waals surface area contributed by atoms with Crippen molar-refractivity contribution in [1.29, 1.82) is 5.39 Å². The van der Waals surface area contributed by atoms with E-state index in [2.05, 4.69) is 28.1 Å². The number of diazo groups is 1. The maximum absolute atomic E-state index is 8.05. The molecule has 0 aromatic rings. The lowest BCUT2D eigenvalue weighted by atomic mass is 10.3. The van der Waals surface area contributed by atoms with Crippen LogP contribution in [0, 0.1) is 5.39 Å². The Hall–Kier alpha value is -0.760. The van der Waals surface area contributed by atoms with E-state index in [0.29, 0.717) is 5.84 Å². The van der Waals surface area contributed by atoms with E-state index < -0.39 is 0 Å². The van der Waals surface area contributed by atoms with Crippen LogP contribution in [0.1, 0.15) is 12.8 Å². The third kappa shape index (κ3) is 4.15. The summed E-state index contributed by atoms with van der Waals surface area (Å²) in [5.74, 6) is 1.49. The van der Waals surface area contributed by atoms with Crippen molar-refractivity contribution in [3.05, 3.63) is 5.08 Å². The van der Waals surface area contributed by atoms with Crippen LogP contribution in [0.25, 0.3) is 5.08 Å². The van der Waals surface area contributed by atoms with Gasteiger partial charge in [0.15, 0.2) is 10.9 Å². The summed E-state index contributed by atoms with van der Waals surface area (Å²) in [5.41, 5.74) is 0. The Morgan fingerprint density at radius 3 is 2.90 bits per heavy atom. The van der Waals surface area contributed by atoms with Crippen molar-refractivity contribution in [1.82, 2.24) is 5.32 Å². The van der Waals surface area contributed by atoms with E-state index in [-0.39, 0.29) is 0 Å². The van der Waals surface area contributed by atoms with Crippen LogP contribution in [0.4, 0.5) is 0 Å². The first-order valence-corrected chi connectivity index (χ1v) is 3.68. The molecule has 0 heterocycles. The molecule has 0 saturated heterocycles. The zero-order valence-corrected chi connectivity index (χ0v) is 6.80. The molecule has 10 heavy (non-hydrogen) atoms. The van der Waals surface area contributed by atoms with Crippen LogP contribution < -0.4 is 5.32 Å². The third-order valence-electron chi connectivity index (χ3n) is 1.03. The predicted octanol–water partition coefficient (Wildman–Crippen LogP) is 1.08. The number of nitrogens with one attached hydrogen (secondary N) is 1. The van der Waals surface area contributed by atoms with E-state index >= 15 is 0 Å². The van der Waals surface area contributed by atoms with Gasteiger partial charge < -0.3 is 5.32 Å². The zero-order chi connectivity index (χ0) is 7.82. The Kier molecular flexibility index (Phi) is 5.88. The molecule has 0 unspecified atom stereocenters. The second-order valence-corrected chi connectivity index (χ2v) is 2.16. The molecule has 0 aliphatic carbocycles. The van der Waals surface area contributed by atoms with Gasteiger partial charge in [-0.05, 0) is 12.2 Å². The Morgan fingerprint density at radius 2 is 2.50 bits per heavy atom. The first-order chi connectivity index (χ1) is 4.85. The van der Waals surface area contributed by atoms with Gasteiger partial charge in [-0.1, -0.05) is 0 Å². The molecular weight excluding hydrogens is 148 g/mol. The first kappa shape index (κ1) is 9.24. The van der Waals surface area contributed by atoms with Gasteiger partial charge in [0.25, 0.3) is 5.39 Å². The molecule has 0 bridgehead atoms.